The average Bonchev–Trinajstić information content (AvgIpc) is 2.69. The molecule has 2 aromatic rings. The van der Waals surface area contributed by atoms with Crippen molar-refractivity contribution in [3.05, 3.63) is 53.6 Å². The number of rotatable bonds is 3. The van der Waals surface area contributed by atoms with E-state index >= 15 is 0 Å². The summed E-state index contributed by atoms with van der Waals surface area (Å²) in [7, 11) is 0. The molecule has 3 heteroatoms. The van der Waals surface area contributed by atoms with Gasteiger partial charge < -0.3 is 10.3 Å². The Morgan fingerprint density at radius 2 is 1.94 bits per heavy atom. The van der Waals surface area contributed by atoms with E-state index < -0.39 is 0 Å². The Morgan fingerprint density at radius 1 is 1.25 bits per heavy atom. The molecule has 0 radical (unpaired) electrons. The van der Waals surface area contributed by atoms with Crippen molar-refractivity contribution < 1.29 is 0 Å². The van der Waals surface area contributed by atoms with Gasteiger partial charge >= 0.3 is 0 Å². The molecule has 1 aromatic carbocycles. The summed E-state index contributed by atoms with van der Waals surface area (Å²) in [5.74, 6) is 0.996. The lowest BCUT2D eigenvalue weighted by atomic mass is 10.1. The van der Waals surface area contributed by atoms with Crippen molar-refractivity contribution in [1.82, 2.24) is 9.55 Å². The van der Waals surface area contributed by atoms with E-state index in [1.165, 1.54) is 11.1 Å². The van der Waals surface area contributed by atoms with Gasteiger partial charge in [-0.25, -0.2) is 4.98 Å². The van der Waals surface area contributed by atoms with Crippen molar-refractivity contribution in [2.75, 3.05) is 6.54 Å². The second-order valence-corrected chi connectivity index (χ2v) is 4.04. The van der Waals surface area contributed by atoms with Crippen LogP contribution in [0.15, 0.2) is 36.7 Å². The molecule has 84 valence electrons. The van der Waals surface area contributed by atoms with Crippen LogP contribution in [-0.4, -0.2) is 16.1 Å². The predicted octanol–water partition coefficient (Wildman–Crippen LogP) is 2.05. The van der Waals surface area contributed by atoms with Crippen molar-refractivity contribution >= 4 is 0 Å². The highest BCUT2D eigenvalue weighted by Crippen LogP contribution is 2.19. The molecule has 0 bridgehead atoms. The fraction of sp³-hybridized carbons (Fsp3) is 0.308. The third kappa shape index (κ3) is 1.99. The van der Waals surface area contributed by atoms with Crippen LogP contribution in [0.4, 0.5) is 0 Å². The number of imidazole rings is 1. The van der Waals surface area contributed by atoms with Crippen molar-refractivity contribution in [1.29, 1.82) is 0 Å². The minimum atomic E-state index is 0.183. The van der Waals surface area contributed by atoms with Gasteiger partial charge in [0.15, 0.2) is 0 Å². The molecular formula is C13H17N3. The van der Waals surface area contributed by atoms with E-state index in [1.807, 2.05) is 19.3 Å². The van der Waals surface area contributed by atoms with Gasteiger partial charge in [0.1, 0.15) is 5.82 Å². The molecule has 1 unspecified atom stereocenters. The molecule has 1 atom stereocenters. The first-order chi connectivity index (χ1) is 7.72. The summed E-state index contributed by atoms with van der Waals surface area (Å²) in [6.45, 7) is 4.67. The van der Waals surface area contributed by atoms with Gasteiger partial charge in [-0.1, -0.05) is 29.8 Å². The maximum absolute atomic E-state index is 5.85. The summed E-state index contributed by atoms with van der Waals surface area (Å²) in [6, 6.07) is 8.68. The van der Waals surface area contributed by atoms with Gasteiger partial charge in [-0.3, -0.25) is 0 Å². The molecule has 0 aliphatic rings. The minimum absolute atomic E-state index is 0.183. The smallest absolute Gasteiger partial charge is 0.106 e. The van der Waals surface area contributed by atoms with Crippen LogP contribution in [0.5, 0.6) is 0 Å². The number of hydrogen-bond acceptors (Lipinski definition) is 2. The van der Waals surface area contributed by atoms with Crippen LogP contribution in [0, 0.1) is 13.8 Å². The summed E-state index contributed by atoms with van der Waals surface area (Å²) in [6.07, 6.45) is 3.79. The van der Waals surface area contributed by atoms with E-state index in [2.05, 4.69) is 40.7 Å². The molecule has 1 heterocycles. The van der Waals surface area contributed by atoms with Gasteiger partial charge in [-0.15, -0.1) is 0 Å². The zero-order valence-corrected chi connectivity index (χ0v) is 9.72. The predicted molar refractivity (Wildman–Crippen MR) is 65.3 cm³/mol. The number of nitrogens with two attached hydrogens (primary N) is 1. The number of nitrogens with zero attached hydrogens (tertiary/aromatic N) is 2. The van der Waals surface area contributed by atoms with Gasteiger partial charge in [0.2, 0.25) is 0 Å². The maximum atomic E-state index is 5.85. The van der Waals surface area contributed by atoms with Crippen molar-refractivity contribution in [3.8, 4) is 0 Å². The Bertz CT molecular complexity index is 456. The summed E-state index contributed by atoms with van der Waals surface area (Å²) in [4.78, 5) is 4.24. The molecule has 16 heavy (non-hydrogen) atoms. The van der Waals surface area contributed by atoms with Crippen LogP contribution in [0.2, 0.25) is 0 Å². The summed E-state index contributed by atoms with van der Waals surface area (Å²) in [5, 5.41) is 0. The first-order valence-electron chi connectivity index (χ1n) is 5.48. The SMILES string of the molecule is Cc1ccc(C(CN)n2ccnc2C)cc1. The Kier molecular flexibility index (Phi) is 3.06. The molecule has 0 saturated heterocycles. The van der Waals surface area contributed by atoms with Gasteiger partial charge in [0, 0.05) is 18.9 Å². The Morgan fingerprint density at radius 3 is 2.44 bits per heavy atom. The van der Waals surface area contributed by atoms with Crippen LogP contribution < -0.4 is 5.73 Å². The van der Waals surface area contributed by atoms with Crippen LogP contribution in [0.25, 0.3) is 0 Å². The normalized spacial score (nSPS) is 12.7. The second-order valence-electron chi connectivity index (χ2n) is 4.04. The largest absolute Gasteiger partial charge is 0.328 e. The van der Waals surface area contributed by atoms with Crippen LogP contribution in [0.3, 0.4) is 0 Å². The standard InChI is InChI=1S/C13H17N3/c1-10-3-5-12(6-4-10)13(9-14)16-8-7-15-11(16)2/h3-8,13H,9,14H2,1-2H3. The van der Waals surface area contributed by atoms with Crippen molar-refractivity contribution in [3.63, 3.8) is 0 Å². The van der Waals surface area contributed by atoms with Crippen LogP contribution in [0.1, 0.15) is 23.0 Å². The van der Waals surface area contributed by atoms with E-state index in [0.29, 0.717) is 6.54 Å². The minimum Gasteiger partial charge on any atom is -0.328 e. The first-order valence-corrected chi connectivity index (χ1v) is 5.48. The average molecular weight is 215 g/mol. The molecule has 0 saturated carbocycles. The van der Waals surface area contributed by atoms with Crippen molar-refractivity contribution in [2.45, 2.75) is 19.9 Å². The quantitative estimate of drug-likeness (QED) is 0.851. The van der Waals surface area contributed by atoms with Crippen molar-refractivity contribution in [2.24, 2.45) is 5.73 Å². The van der Waals surface area contributed by atoms with Gasteiger partial charge in [-0.05, 0) is 19.4 Å². The molecule has 3 nitrogen and oxygen atoms in total. The molecule has 2 N–H and O–H groups in total. The highest BCUT2D eigenvalue weighted by Gasteiger charge is 2.12. The molecular weight excluding hydrogens is 198 g/mol. The highest BCUT2D eigenvalue weighted by atomic mass is 15.1. The molecule has 0 spiro atoms. The lowest BCUT2D eigenvalue weighted by Crippen LogP contribution is -2.20. The van der Waals surface area contributed by atoms with E-state index in [9.17, 15) is 0 Å². The maximum Gasteiger partial charge on any atom is 0.106 e. The Balaban J connectivity index is 2.37. The number of benzene rings is 1. The molecule has 0 aliphatic carbocycles. The van der Waals surface area contributed by atoms with Gasteiger partial charge in [0.05, 0.1) is 6.04 Å². The molecule has 1 aromatic heterocycles. The zero-order valence-electron chi connectivity index (χ0n) is 9.72. The second kappa shape index (κ2) is 4.49. The highest BCUT2D eigenvalue weighted by molar-refractivity contribution is 5.25. The summed E-state index contributed by atoms with van der Waals surface area (Å²) < 4.78 is 2.12. The summed E-state index contributed by atoms with van der Waals surface area (Å²) in [5.41, 5.74) is 8.35. The van der Waals surface area contributed by atoms with E-state index in [-0.39, 0.29) is 6.04 Å². The number of aromatic nitrogens is 2. The molecule has 0 fully saturated rings. The first kappa shape index (κ1) is 10.9. The summed E-state index contributed by atoms with van der Waals surface area (Å²) >= 11 is 0. The monoisotopic (exact) mass is 215 g/mol. The van der Waals surface area contributed by atoms with Gasteiger partial charge in [-0.2, -0.15) is 0 Å². The topological polar surface area (TPSA) is 43.8 Å². The van der Waals surface area contributed by atoms with Crippen LogP contribution in [-0.2, 0) is 0 Å². The number of hydrogen-bond donors (Lipinski definition) is 1. The van der Waals surface area contributed by atoms with E-state index in [4.69, 9.17) is 5.73 Å². The zero-order chi connectivity index (χ0) is 11.5. The molecule has 0 aliphatic heterocycles. The lowest BCUT2D eigenvalue weighted by Gasteiger charge is -2.18. The van der Waals surface area contributed by atoms with E-state index in [1.54, 1.807) is 0 Å². The lowest BCUT2D eigenvalue weighted by molar-refractivity contribution is 0.578. The third-order valence-corrected chi connectivity index (χ3v) is 2.88. The third-order valence-electron chi connectivity index (χ3n) is 2.88. The Labute approximate surface area is 95.9 Å². The molecule has 2 rings (SSSR count). The van der Waals surface area contributed by atoms with Gasteiger partial charge in [0.25, 0.3) is 0 Å². The van der Waals surface area contributed by atoms with E-state index in [0.717, 1.165) is 5.82 Å². The number of aryl methyl sites for hydroxylation is 2. The fourth-order valence-electron chi connectivity index (χ4n) is 1.92. The van der Waals surface area contributed by atoms with Crippen LogP contribution >= 0.6 is 0 Å². The molecule has 0 amide bonds. The Hall–Kier alpha value is -1.61. The fourth-order valence-corrected chi connectivity index (χ4v) is 1.92.